The van der Waals surface area contributed by atoms with E-state index in [0.717, 1.165) is 56.0 Å². The standard InChI is InChI=1S/C19H27FN4/c1-4-12-24(13-5-2)18-14-15(3)22-19(23-18)21-11-10-16-6-8-17(20)9-7-16/h6-9,14H,4-5,10-13H2,1-3H3,(H,21,22,23). The first kappa shape index (κ1) is 18.2. The van der Waals surface area contributed by atoms with Crippen molar-refractivity contribution in [3.05, 3.63) is 47.4 Å². The van der Waals surface area contributed by atoms with E-state index >= 15 is 0 Å². The lowest BCUT2D eigenvalue weighted by molar-refractivity contribution is 0.627. The number of rotatable bonds is 9. The molecule has 130 valence electrons. The van der Waals surface area contributed by atoms with Crippen molar-refractivity contribution in [2.45, 2.75) is 40.0 Å². The van der Waals surface area contributed by atoms with Crippen LogP contribution in [-0.4, -0.2) is 29.6 Å². The van der Waals surface area contributed by atoms with Crippen molar-refractivity contribution in [3.63, 3.8) is 0 Å². The van der Waals surface area contributed by atoms with E-state index in [4.69, 9.17) is 0 Å². The van der Waals surface area contributed by atoms with Crippen LogP contribution >= 0.6 is 0 Å². The molecular formula is C19H27FN4. The fourth-order valence-electron chi connectivity index (χ4n) is 2.64. The number of anilines is 2. The molecule has 2 aromatic rings. The van der Waals surface area contributed by atoms with Gasteiger partial charge in [-0.25, -0.2) is 9.37 Å². The van der Waals surface area contributed by atoms with Crippen molar-refractivity contribution in [3.8, 4) is 0 Å². The highest BCUT2D eigenvalue weighted by molar-refractivity contribution is 5.44. The number of hydrogen-bond acceptors (Lipinski definition) is 4. The second kappa shape index (κ2) is 9.21. The van der Waals surface area contributed by atoms with E-state index < -0.39 is 0 Å². The Hall–Kier alpha value is -2.17. The summed E-state index contributed by atoms with van der Waals surface area (Å²) >= 11 is 0. The molecule has 1 N–H and O–H groups in total. The van der Waals surface area contributed by atoms with E-state index in [1.807, 2.05) is 25.1 Å². The third-order valence-corrected chi connectivity index (χ3v) is 3.76. The van der Waals surface area contributed by atoms with Crippen molar-refractivity contribution in [1.29, 1.82) is 0 Å². The number of nitrogens with one attached hydrogen (secondary N) is 1. The van der Waals surface area contributed by atoms with Gasteiger partial charge in [-0.15, -0.1) is 0 Å². The zero-order chi connectivity index (χ0) is 17.4. The van der Waals surface area contributed by atoms with Crippen LogP contribution in [0.2, 0.25) is 0 Å². The van der Waals surface area contributed by atoms with Crippen LogP contribution in [0, 0.1) is 12.7 Å². The van der Waals surface area contributed by atoms with Crippen LogP contribution in [0.3, 0.4) is 0 Å². The molecular weight excluding hydrogens is 303 g/mol. The van der Waals surface area contributed by atoms with E-state index in [2.05, 4.69) is 34.0 Å². The summed E-state index contributed by atoms with van der Waals surface area (Å²) in [6.07, 6.45) is 2.99. The van der Waals surface area contributed by atoms with Crippen LogP contribution in [0.4, 0.5) is 16.2 Å². The van der Waals surface area contributed by atoms with Gasteiger partial charge in [-0.3, -0.25) is 0 Å². The molecule has 0 aliphatic carbocycles. The lowest BCUT2D eigenvalue weighted by atomic mass is 10.1. The van der Waals surface area contributed by atoms with Crippen molar-refractivity contribution in [1.82, 2.24) is 9.97 Å². The first-order chi connectivity index (χ1) is 11.6. The maximum atomic E-state index is 12.9. The first-order valence-electron chi connectivity index (χ1n) is 8.71. The fourth-order valence-corrected chi connectivity index (χ4v) is 2.64. The molecule has 0 spiro atoms. The monoisotopic (exact) mass is 330 g/mol. The van der Waals surface area contributed by atoms with Crippen LogP contribution in [0.15, 0.2) is 30.3 Å². The van der Waals surface area contributed by atoms with E-state index in [0.29, 0.717) is 5.95 Å². The van der Waals surface area contributed by atoms with Crippen molar-refractivity contribution in [2.75, 3.05) is 29.9 Å². The average Bonchev–Trinajstić information content (AvgIpc) is 2.56. The Bertz CT molecular complexity index is 622. The number of aryl methyl sites for hydroxylation is 1. The molecule has 5 heteroatoms. The van der Waals surface area contributed by atoms with Gasteiger partial charge in [-0.05, 0) is 43.9 Å². The lowest BCUT2D eigenvalue weighted by Crippen LogP contribution is -2.26. The van der Waals surface area contributed by atoms with Crippen LogP contribution in [-0.2, 0) is 6.42 Å². The Morgan fingerprint density at radius 1 is 1.04 bits per heavy atom. The largest absolute Gasteiger partial charge is 0.356 e. The van der Waals surface area contributed by atoms with Gasteiger partial charge in [0.05, 0.1) is 0 Å². The summed E-state index contributed by atoms with van der Waals surface area (Å²) < 4.78 is 12.9. The summed E-state index contributed by atoms with van der Waals surface area (Å²) in [5.41, 5.74) is 2.05. The summed E-state index contributed by atoms with van der Waals surface area (Å²) in [6, 6.07) is 8.64. The second-order valence-electron chi connectivity index (χ2n) is 5.98. The molecule has 1 aromatic heterocycles. The number of aromatic nitrogens is 2. The molecule has 0 unspecified atom stereocenters. The summed E-state index contributed by atoms with van der Waals surface area (Å²) in [5, 5.41) is 3.29. The lowest BCUT2D eigenvalue weighted by Gasteiger charge is -2.23. The maximum absolute atomic E-state index is 12.9. The highest BCUT2D eigenvalue weighted by atomic mass is 19.1. The highest BCUT2D eigenvalue weighted by Crippen LogP contribution is 2.16. The molecule has 0 radical (unpaired) electrons. The van der Waals surface area contributed by atoms with Crippen molar-refractivity contribution >= 4 is 11.8 Å². The summed E-state index contributed by atoms with van der Waals surface area (Å²) in [7, 11) is 0. The van der Waals surface area contributed by atoms with Crippen LogP contribution in [0.25, 0.3) is 0 Å². The number of hydrogen-bond donors (Lipinski definition) is 1. The topological polar surface area (TPSA) is 41.1 Å². The van der Waals surface area contributed by atoms with Gasteiger partial charge in [-0.1, -0.05) is 26.0 Å². The molecule has 0 saturated carbocycles. The van der Waals surface area contributed by atoms with E-state index in [-0.39, 0.29) is 5.82 Å². The number of benzene rings is 1. The molecule has 0 bridgehead atoms. The SMILES string of the molecule is CCCN(CCC)c1cc(C)nc(NCCc2ccc(F)cc2)n1. The second-order valence-corrected chi connectivity index (χ2v) is 5.98. The molecule has 0 atom stereocenters. The third kappa shape index (κ3) is 5.48. The number of halogens is 1. The zero-order valence-corrected chi connectivity index (χ0v) is 14.8. The number of nitrogens with zero attached hydrogens (tertiary/aromatic N) is 3. The molecule has 1 aromatic carbocycles. The highest BCUT2D eigenvalue weighted by Gasteiger charge is 2.09. The Balaban J connectivity index is 2.00. The van der Waals surface area contributed by atoms with Gasteiger partial charge in [0.25, 0.3) is 0 Å². The van der Waals surface area contributed by atoms with Gasteiger partial charge in [-0.2, -0.15) is 4.98 Å². The minimum absolute atomic E-state index is 0.203. The van der Waals surface area contributed by atoms with Crippen molar-refractivity contribution in [2.24, 2.45) is 0 Å². The zero-order valence-electron chi connectivity index (χ0n) is 14.8. The van der Waals surface area contributed by atoms with Gasteiger partial charge in [0.15, 0.2) is 0 Å². The molecule has 4 nitrogen and oxygen atoms in total. The molecule has 1 heterocycles. The molecule has 0 aliphatic rings. The van der Waals surface area contributed by atoms with Crippen molar-refractivity contribution < 1.29 is 4.39 Å². The molecule has 24 heavy (non-hydrogen) atoms. The molecule has 0 aliphatic heterocycles. The minimum Gasteiger partial charge on any atom is -0.356 e. The predicted molar refractivity (Wildman–Crippen MR) is 98.2 cm³/mol. The Morgan fingerprint density at radius 2 is 1.71 bits per heavy atom. The summed E-state index contributed by atoms with van der Waals surface area (Å²) in [6.45, 7) is 9.07. The van der Waals surface area contributed by atoms with Crippen LogP contribution in [0.5, 0.6) is 0 Å². The Kier molecular flexibility index (Phi) is 6.97. The van der Waals surface area contributed by atoms with E-state index in [1.165, 1.54) is 12.1 Å². The van der Waals surface area contributed by atoms with Crippen LogP contribution in [0.1, 0.15) is 37.9 Å². The summed E-state index contributed by atoms with van der Waals surface area (Å²) in [4.78, 5) is 11.4. The van der Waals surface area contributed by atoms with Gasteiger partial charge < -0.3 is 10.2 Å². The quantitative estimate of drug-likeness (QED) is 0.748. The van der Waals surface area contributed by atoms with Gasteiger partial charge in [0, 0.05) is 31.4 Å². The summed E-state index contributed by atoms with van der Waals surface area (Å²) in [5.74, 6) is 1.44. The molecule has 2 rings (SSSR count). The predicted octanol–water partition coefficient (Wildman–Crippen LogP) is 4.21. The normalized spacial score (nSPS) is 10.7. The van der Waals surface area contributed by atoms with Gasteiger partial charge in [0.1, 0.15) is 11.6 Å². The Labute approximate surface area is 144 Å². The molecule has 0 saturated heterocycles. The van der Waals surface area contributed by atoms with Crippen LogP contribution < -0.4 is 10.2 Å². The van der Waals surface area contributed by atoms with Gasteiger partial charge >= 0.3 is 0 Å². The third-order valence-electron chi connectivity index (χ3n) is 3.76. The maximum Gasteiger partial charge on any atom is 0.224 e. The molecule has 0 amide bonds. The van der Waals surface area contributed by atoms with Gasteiger partial charge in [0.2, 0.25) is 5.95 Å². The Morgan fingerprint density at radius 3 is 2.33 bits per heavy atom. The smallest absolute Gasteiger partial charge is 0.224 e. The average molecular weight is 330 g/mol. The van der Waals surface area contributed by atoms with E-state index in [1.54, 1.807) is 0 Å². The minimum atomic E-state index is -0.203. The fraction of sp³-hybridized carbons (Fsp3) is 0.474. The van der Waals surface area contributed by atoms with E-state index in [9.17, 15) is 4.39 Å². The molecule has 0 fully saturated rings. The first-order valence-corrected chi connectivity index (χ1v) is 8.71.